The second-order valence-corrected chi connectivity index (χ2v) is 5.13. The molecule has 0 radical (unpaired) electrons. The van der Waals surface area contributed by atoms with E-state index in [1.165, 1.54) is 5.56 Å². The maximum absolute atomic E-state index is 2.23. The van der Waals surface area contributed by atoms with Crippen LogP contribution >= 0.6 is 21.6 Å². The van der Waals surface area contributed by atoms with Crippen LogP contribution < -0.4 is 0 Å². The van der Waals surface area contributed by atoms with Crippen LogP contribution in [0.15, 0.2) is 30.3 Å². The van der Waals surface area contributed by atoms with E-state index in [4.69, 9.17) is 0 Å². The summed E-state index contributed by atoms with van der Waals surface area (Å²) >= 11 is 0. The van der Waals surface area contributed by atoms with Crippen LogP contribution in [0.25, 0.3) is 0 Å². The zero-order valence-electron chi connectivity index (χ0n) is 6.78. The van der Waals surface area contributed by atoms with E-state index in [0.29, 0.717) is 5.25 Å². The maximum Gasteiger partial charge on any atom is 0.0372 e. The quantitative estimate of drug-likeness (QED) is 0.656. The standard InChI is InChI=1S/C9H12S2/c1-8(11-10-2)9-6-4-3-5-7-9/h3-8H,1-2H3. The highest BCUT2D eigenvalue weighted by atomic mass is 33.1. The zero-order chi connectivity index (χ0) is 8.10. The zero-order valence-corrected chi connectivity index (χ0v) is 8.41. The Labute approximate surface area is 76.2 Å². The van der Waals surface area contributed by atoms with E-state index in [9.17, 15) is 0 Å². The fourth-order valence-corrected chi connectivity index (χ4v) is 2.68. The third-order valence-electron chi connectivity index (χ3n) is 1.51. The van der Waals surface area contributed by atoms with Gasteiger partial charge in [-0.15, -0.1) is 0 Å². The Morgan fingerprint density at radius 3 is 2.36 bits per heavy atom. The molecule has 11 heavy (non-hydrogen) atoms. The number of hydrogen-bond donors (Lipinski definition) is 0. The Kier molecular flexibility index (Phi) is 3.87. The molecule has 0 nitrogen and oxygen atoms in total. The molecule has 0 heterocycles. The molecule has 0 bridgehead atoms. The van der Waals surface area contributed by atoms with Crippen molar-refractivity contribution in [3.8, 4) is 0 Å². The first-order chi connectivity index (χ1) is 5.34. The van der Waals surface area contributed by atoms with Gasteiger partial charge in [-0.2, -0.15) is 0 Å². The predicted octanol–water partition coefficient (Wildman–Crippen LogP) is 3.76. The van der Waals surface area contributed by atoms with Gasteiger partial charge in [0.15, 0.2) is 0 Å². The van der Waals surface area contributed by atoms with Crippen molar-refractivity contribution in [1.29, 1.82) is 0 Å². The third kappa shape index (κ3) is 2.80. The van der Waals surface area contributed by atoms with Crippen molar-refractivity contribution in [1.82, 2.24) is 0 Å². The summed E-state index contributed by atoms with van der Waals surface area (Å²) in [5, 5.41) is 0.603. The van der Waals surface area contributed by atoms with Crippen LogP contribution in [0.4, 0.5) is 0 Å². The molecule has 0 aliphatic rings. The molecule has 1 rings (SSSR count). The summed E-state index contributed by atoms with van der Waals surface area (Å²) in [4.78, 5) is 0. The summed E-state index contributed by atoms with van der Waals surface area (Å²) in [7, 11) is 3.72. The first-order valence-electron chi connectivity index (χ1n) is 3.59. The van der Waals surface area contributed by atoms with Gasteiger partial charge in [-0.25, -0.2) is 0 Å². The lowest BCUT2D eigenvalue weighted by molar-refractivity contribution is 1.11. The normalized spacial score (nSPS) is 12.9. The molecule has 0 amide bonds. The highest BCUT2D eigenvalue weighted by Gasteiger charge is 2.02. The van der Waals surface area contributed by atoms with Crippen molar-refractivity contribution in [2.24, 2.45) is 0 Å². The van der Waals surface area contributed by atoms with Gasteiger partial charge in [-0.1, -0.05) is 51.9 Å². The Bertz CT molecular complexity index is 196. The molecule has 2 heteroatoms. The number of benzene rings is 1. The summed E-state index contributed by atoms with van der Waals surface area (Å²) in [5.41, 5.74) is 1.41. The summed E-state index contributed by atoms with van der Waals surface area (Å²) in [6.45, 7) is 2.23. The first-order valence-corrected chi connectivity index (χ1v) is 6.21. The van der Waals surface area contributed by atoms with E-state index in [0.717, 1.165) is 0 Å². The Hall–Kier alpha value is -0.0800. The smallest absolute Gasteiger partial charge is 0.0372 e. The van der Waals surface area contributed by atoms with Crippen molar-refractivity contribution >= 4 is 21.6 Å². The lowest BCUT2D eigenvalue weighted by atomic mass is 10.2. The largest absolute Gasteiger partial charge is 0.0970 e. The summed E-state index contributed by atoms with van der Waals surface area (Å²) in [6.07, 6.45) is 2.12. The lowest BCUT2D eigenvalue weighted by Gasteiger charge is -2.07. The topological polar surface area (TPSA) is 0 Å². The Morgan fingerprint density at radius 1 is 1.18 bits per heavy atom. The molecule has 1 aromatic rings. The van der Waals surface area contributed by atoms with Crippen molar-refractivity contribution in [2.45, 2.75) is 12.2 Å². The molecule has 0 aromatic heterocycles. The van der Waals surface area contributed by atoms with Gasteiger partial charge in [-0.3, -0.25) is 0 Å². The number of hydrogen-bond acceptors (Lipinski definition) is 2. The Balaban J connectivity index is 2.61. The molecule has 0 saturated carbocycles. The van der Waals surface area contributed by atoms with Crippen LogP contribution in [0, 0.1) is 0 Å². The molecule has 0 aliphatic heterocycles. The molecule has 60 valence electrons. The van der Waals surface area contributed by atoms with Gasteiger partial charge in [-0.05, 0) is 18.7 Å². The van der Waals surface area contributed by atoms with E-state index in [1.54, 1.807) is 0 Å². The summed E-state index contributed by atoms with van der Waals surface area (Å²) < 4.78 is 0. The third-order valence-corrected chi connectivity index (χ3v) is 3.71. The monoisotopic (exact) mass is 184 g/mol. The fourth-order valence-electron chi connectivity index (χ4n) is 0.924. The Morgan fingerprint density at radius 2 is 1.82 bits per heavy atom. The fraction of sp³-hybridized carbons (Fsp3) is 0.333. The molecular formula is C9H12S2. The minimum atomic E-state index is 0.603. The van der Waals surface area contributed by atoms with Crippen LogP contribution in [-0.2, 0) is 0 Å². The minimum Gasteiger partial charge on any atom is -0.0970 e. The average molecular weight is 184 g/mol. The molecule has 0 spiro atoms. The van der Waals surface area contributed by atoms with E-state index >= 15 is 0 Å². The summed E-state index contributed by atoms with van der Waals surface area (Å²) in [5.74, 6) is 0. The average Bonchev–Trinajstić information content (AvgIpc) is 2.07. The molecule has 0 fully saturated rings. The van der Waals surface area contributed by atoms with Crippen LogP contribution in [0.2, 0.25) is 0 Å². The van der Waals surface area contributed by atoms with Crippen molar-refractivity contribution < 1.29 is 0 Å². The number of rotatable bonds is 3. The second kappa shape index (κ2) is 4.73. The maximum atomic E-state index is 2.23. The van der Waals surface area contributed by atoms with E-state index in [1.807, 2.05) is 21.6 Å². The van der Waals surface area contributed by atoms with E-state index < -0.39 is 0 Å². The van der Waals surface area contributed by atoms with Crippen LogP contribution in [0.5, 0.6) is 0 Å². The molecule has 1 atom stereocenters. The van der Waals surface area contributed by atoms with Gasteiger partial charge in [0, 0.05) is 5.25 Å². The summed E-state index contributed by atoms with van der Waals surface area (Å²) in [6, 6.07) is 10.6. The molecular weight excluding hydrogens is 172 g/mol. The van der Waals surface area contributed by atoms with Gasteiger partial charge in [0.25, 0.3) is 0 Å². The molecule has 1 unspecified atom stereocenters. The molecule has 0 N–H and O–H groups in total. The minimum absolute atomic E-state index is 0.603. The van der Waals surface area contributed by atoms with Gasteiger partial charge in [0.2, 0.25) is 0 Å². The van der Waals surface area contributed by atoms with Crippen molar-refractivity contribution in [2.75, 3.05) is 6.26 Å². The van der Waals surface area contributed by atoms with Gasteiger partial charge in [0.1, 0.15) is 0 Å². The lowest BCUT2D eigenvalue weighted by Crippen LogP contribution is -1.83. The van der Waals surface area contributed by atoms with Gasteiger partial charge in [0.05, 0.1) is 0 Å². The van der Waals surface area contributed by atoms with Crippen LogP contribution in [0.1, 0.15) is 17.7 Å². The molecule has 0 saturated heterocycles. The van der Waals surface area contributed by atoms with Crippen LogP contribution in [0.3, 0.4) is 0 Å². The van der Waals surface area contributed by atoms with Crippen LogP contribution in [-0.4, -0.2) is 6.26 Å². The highest BCUT2D eigenvalue weighted by Crippen LogP contribution is 2.35. The molecule has 0 aliphatic carbocycles. The van der Waals surface area contributed by atoms with E-state index in [-0.39, 0.29) is 0 Å². The first kappa shape index (κ1) is 9.01. The van der Waals surface area contributed by atoms with E-state index in [2.05, 4.69) is 43.5 Å². The second-order valence-electron chi connectivity index (χ2n) is 2.32. The van der Waals surface area contributed by atoms with Crippen molar-refractivity contribution in [3.05, 3.63) is 35.9 Å². The van der Waals surface area contributed by atoms with Gasteiger partial charge < -0.3 is 0 Å². The molecule has 1 aromatic carbocycles. The highest BCUT2D eigenvalue weighted by molar-refractivity contribution is 8.76. The predicted molar refractivity (Wildman–Crippen MR) is 56.0 cm³/mol. The van der Waals surface area contributed by atoms with Gasteiger partial charge >= 0.3 is 0 Å². The van der Waals surface area contributed by atoms with Crippen molar-refractivity contribution in [3.63, 3.8) is 0 Å². The SMILES string of the molecule is CSSC(C)c1ccccc1.